The topological polar surface area (TPSA) is 174 Å². The molecule has 60 heavy (non-hydrogen) atoms. The predicted octanol–water partition coefficient (Wildman–Crippen LogP) is 11.2. The molecule has 12 heteroatoms. The molecule has 0 saturated heterocycles. The first-order chi connectivity index (χ1) is 29.3. The largest absolute Gasteiger partial charge is 0.507 e. The van der Waals surface area contributed by atoms with Gasteiger partial charge < -0.3 is 29.2 Å². The molecule has 7 rings (SSSR count). The fraction of sp³-hybridized carbons (Fsp3) is 0.208. The molecular formula is C48H42N6O6. The molecule has 0 saturated carbocycles. The number of hydrogen-bond donors (Lipinski definition) is 2. The second-order valence-corrected chi connectivity index (χ2v) is 14.1. The quantitative estimate of drug-likeness (QED) is 0.0907. The van der Waals surface area contributed by atoms with Crippen LogP contribution in [0.3, 0.4) is 0 Å². The van der Waals surface area contributed by atoms with Gasteiger partial charge in [0.25, 0.3) is 0 Å². The van der Waals surface area contributed by atoms with Crippen molar-refractivity contribution in [3.05, 3.63) is 154 Å². The van der Waals surface area contributed by atoms with Gasteiger partial charge in [-0.1, -0.05) is 36.4 Å². The van der Waals surface area contributed by atoms with Crippen molar-refractivity contribution >= 4 is 22.7 Å². The van der Waals surface area contributed by atoms with E-state index in [4.69, 9.17) is 18.9 Å². The van der Waals surface area contributed by atoms with Crippen molar-refractivity contribution in [2.45, 2.75) is 38.5 Å². The summed E-state index contributed by atoms with van der Waals surface area (Å²) in [6.07, 6.45) is 1.33. The lowest BCUT2D eigenvalue weighted by atomic mass is 9.91. The summed E-state index contributed by atoms with van der Waals surface area (Å²) >= 11 is 0. The maximum atomic E-state index is 12.0. The lowest BCUT2D eigenvalue weighted by Crippen LogP contribution is -2.07. The van der Waals surface area contributed by atoms with Crippen LogP contribution in [0, 0.1) is 22.7 Å². The normalized spacial score (nSPS) is 12.1. The SMILES string of the molecule is COc1ccc(N=Nc2cc3c(O)c(c2)Cc2cccc(c2OCCC#N)Cc2cc(N=Nc4ccc(OC)cc4)cc(c2O)Cc2cccc(c2OCCC#N)C3)cc1. The summed E-state index contributed by atoms with van der Waals surface area (Å²) in [6, 6.07) is 37.5. The van der Waals surface area contributed by atoms with E-state index in [9.17, 15) is 20.7 Å². The Morgan fingerprint density at radius 1 is 0.467 bits per heavy atom. The maximum Gasteiger partial charge on any atom is 0.126 e. The molecule has 1 aliphatic rings. The van der Waals surface area contributed by atoms with E-state index >= 15 is 0 Å². The summed E-state index contributed by atoms with van der Waals surface area (Å²) in [6.45, 7) is 0.287. The number of aromatic hydroxyl groups is 2. The molecule has 0 unspecified atom stereocenters. The molecule has 0 aliphatic heterocycles. The molecule has 0 radical (unpaired) electrons. The molecule has 0 amide bonds. The van der Waals surface area contributed by atoms with Gasteiger partial charge >= 0.3 is 0 Å². The zero-order valence-electron chi connectivity index (χ0n) is 33.3. The highest BCUT2D eigenvalue weighted by atomic mass is 16.5. The number of fused-ring (bicyclic) bond motifs is 8. The molecule has 0 fully saturated rings. The summed E-state index contributed by atoms with van der Waals surface area (Å²) in [5.74, 6) is 2.67. The van der Waals surface area contributed by atoms with Gasteiger partial charge in [-0.05, 0) is 95.1 Å². The Morgan fingerprint density at radius 3 is 1.08 bits per heavy atom. The average Bonchev–Trinajstić information content (AvgIpc) is 3.26. The van der Waals surface area contributed by atoms with E-state index in [1.54, 1.807) is 62.8 Å². The van der Waals surface area contributed by atoms with Gasteiger partial charge in [-0.3, -0.25) is 0 Å². The molecule has 2 N–H and O–H groups in total. The van der Waals surface area contributed by atoms with Crippen LogP contribution in [0.1, 0.15) is 57.3 Å². The summed E-state index contributed by atoms with van der Waals surface area (Å²) in [5.41, 5.74) is 7.69. The molecule has 300 valence electrons. The van der Waals surface area contributed by atoms with E-state index in [-0.39, 0.29) is 63.2 Å². The summed E-state index contributed by atoms with van der Waals surface area (Å²) < 4.78 is 23.3. The average molecular weight is 799 g/mol. The van der Waals surface area contributed by atoms with Crippen molar-refractivity contribution in [3.63, 3.8) is 0 Å². The van der Waals surface area contributed by atoms with Gasteiger partial charge in [0.15, 0.2) is 0 Å². The van der Waals surface area contributed by atoms with Crippen molar-refractivity contribution in [2.75, 3.05) is 27.4 Å². The van der Waals surface area contributed by atoms with Crippen molar-refractivity contribution < 1.29 is 29.2 Å². The Morgan fingerprint density at radius 2 is 0.783 bits per heavy atom. The zero-order valence-corrected chi connectivity index (χ0v) is 33.3. The van der Waals surface area contributed by atoms with Crippen molar-refractivity contribution in [3.8, 4) is 46.6 Å². The van der Waals surface area contributed by atoms with Gasteiger partial charge in [0.1, 0.15) is 47.7 Å². The molecule has 0 atom stereocenters. The van der Waals surface area contributed by atoms with E-state index < -0.39 is 0 Å². The Hall–Kier alpha value is -7.70. The smallest absolute Gasteiger partial charge is 0.126 e. The van der Waals surface area contributed by atoms with E-state index in [0.717, 1.165) is 22.3 Å². The first-order valence-electron chi connectivity index (χ1n) is 19.4. The molecule has 1 aliphatic carbocycles. The lowest BCUT2D eigenvalue weighted by Gasteiger charge is -2.20. The second-order valence-electron chi connectivity index (χ2n) is 14.1. The minimum atomic E-state index is 0.0852. The number of nitrogens with zero attached hydrogens (tertiary/aromatic N) is 6. The van der Waals surface area contributed by atoms with E-state index in [2.05, 4.69) is 32.6 Å². The molecule has 6 aromatic carbocycles. The van der Waals surface area contributed by atoms with E-state index in [1.807, 2.05) is 60.7 Å². The summed E-state index contributed by atoms with van der Waals surface area (Å²) in [5, 5.41) is 61.0. The van der Waals surface area contributed by atoms with Gasteiger partial charge in [0.05, 0.1) is 61.9 Å². The minimum Gasteiger partial charge on any atom is -0.507 e. The van der Waals surface area contributed by atoms with Crippen LogP contribution in [0.25, 0.3) is 0 Å². The molecule has 8 bridgehead atoms. The lowest BCUT2D eigenvalue weighted by molar-refractivity contribution is 0.320. The number of ether oxygens (including phenoxy) is 4. The van der Waals surface area contributed by atoms with Crippen molar-refractivity contribution in [1.82, 2.24) is 0 Å². The number of hydrogen-bond acceptors (Lipinski definition) is 12. The molecular weight excluding hydrogens is 757 g/mol. The Labute approximate surface area is 348 Å². The van der Waals surface area contributed by atoms with E-state index in [0.29, 0.717) is 68.0 Å². The molecule has 0 spiro atoms. The van der Waals surface area contributed by atoms with Crippen LogP contribution < -0.4 is 18.9 Å². The maximum absolute atomic E-state index is 12.0. The Balaban J connectivity index is 1.40. The number of benzene rings is 6. The van der Waals surface area contributed by atoms with Crippen LogP contribution in [-0.4, -0.2) is 37.6 Å². The molecule has 12 nitrogen and oxygen atoms in total. The molecule has 0 heterocycles. The van der Waals surface area contributed by atoms with Gasteiger partial charge in [-0.25, -0.2) is 0 Å². The summed E-state index contributed by atoms with van der Waals surface area (Å²) in [4.78, 5) is 0. The third-order valence-corrected chi connectivity index (χ3v) is 10.0. The number of azo groups is 2. The van der Waals surface area contributed by atoms with Crippen LogP contribution >= 0.6 is 0 Å². The van der Waals surface area contributed by atoms with Crippen LogP contribution in [-0.2, 0) is 25.7 Å². The number of phenols is 2. The highest BCUT2D eigenvalue weighted by Gasteiger charge is 2.22. The standard InChI is InChI=1S/C48H42N6O6/c1-57-43-15-11-39(12-16-43)51-53-41-27-35-23-31-7-3-9-33(47(31)59-21-5-19-49)25-37-29-42(54-52-40-13-17-44(58-2)18-14-40)30-38(46(37)56)26-34-10-4-8-32(24-36(28-41)45(35)55)48(34)60-22-6-20-50/h3-4,7-18,27-30,55-56H,5-6,21-26H2,1-2H3. The van der Waals surface area contributed by atoms with Gasteiger partial charge in [-0.15, -0.1) is 0 Å². The third kappa shape index (κ3) is 9.69. The Bertz CT molecular complexity index is 2350. The number of para-hydroxylation sites is 2. The predicted molar refractivity (Wildman–Crippen MR) is 226 cm³/mol. The first kappa shape index (κ1) is 40.5. The molecule has 0 aromatic heterocycles. The van der Waals surface area contributed by atoms with Crippen LogP contribution in [0.5, 0.6) is 34.5 Å². The monoisotopic (exact) mass is 798 g/mol. The van der Waals surface area contributed by atoms with Crippen LogP contribution in [0.2, 0.25) is 0 Å². The highest BCUT2D eigenvalue weighted by molar-refractivity contribution is 5.61. The van der Waals surface area contributed by atoms with Crippen molar-refractivity contribution in [1.29, 1.82) is 10.5 Å². The number of nitriles is 2. The van der Waals surface area contributed by atoms with Gasteiger partial charge in [-0.2, -0.15) is 31.0 Å². The van der Waals surface area contributed by atoms with Crippen molar-refractivity contribution in [2.24, 2.45) is 20.5 Å². The van der Waals surface area contributed by atoms with Crippen LogP contribution in [0.4, 0.5) is 22.7 Å². The third-order valence-electron chi connectivity index (χ3n) is 10.0. The first-order valence-corrected chi connectivity index (χ1v) is 19.4. The number of phenolic OH excluding ortho intramolecular Hbond substituents is 2. The second kappa shape index (κ2) is 19.2. The van der Waals surface area contributed by atoms with E-state index in [1.165, 1.54) is 0 Å². The fourth-order valence-electron chi connectivity index (χ4n) is 7.09. The van der Waals surface area contributed by atoms with Gasteiger partial charge in [0.2, 0.25) is 0 Å². The minimum absolute atomic E-state index is 0.0852. The zero-order chi connectivity index (χ0) is 41.8. The highest BCUT2D eigenvalue weighted by Crippen LogP contribution is 2.41. The molecule has 6 aromatic rings. The van der Waals surface area contributed by atoms with Crippen LogP contribution in [0.15, 0.2) is 130 Å². The Kier molecular flexibility index (Phi) is 12.9. The number of rotatable bonds is 12. The van der Waals surface area contributed by atoms with Gasteiger partial charge in [0, 0.05) is 47.9 Å². The number of methoxy groups -OCH3 is 2. The fourth-order valence-corrected chi connectivity index (χ4v) is 7.09. The summed E-state index contributed by atoms with van der Waals surface area (Å²) in [7, 11) is 3.20.